The first-order valence-electron chi connectivity index (χ1n) is 4.70. The predicted octanol–water partition coefficient (Wildman–Crippen LogP) is 0.770. The Morgan fingerprint density at radius 3 is 2.67 bits per heavy atom. The third-order valence-corrected chi connectivity index (χ3v) is 2.11. The number of carbonyl (C=O) groups is 1. The third kappa shape index (κ3) is 2.48. The number of nitrogens with zero attached hydrogens (tertiary/aromatic N) is 1. The van der Waals surface area contributed by atoms with Gasteiger partial charge in [-0.05, 0) is 19.3 Å². The second kappa shape index (κ2) is 4.45. The van der Waals surface area contributed by atoms with Crippen molar-refractivity contribution >= 4 is 5.91 Å². The number of carbonyl (C=O) groups excluding carboxylic acids is 1. The van der Waals surface area contributed by atoms with Crippen LogP contribution in [0.2, 0.25) is 0 Å². The van der Waals surface area contributed by atoms with Crippen LogP contribution in [-0.2, 0) is 4.79 Å². The summed E-state index contributed by atoms with van der Waals surface area (Å²) in [5.41, 5.74) is 0. The zero-order valence-electron chi connectivity index (χ0n) is 7.62. The second-order valence-electron chi connectivity index (χ2n) is 3.29. The van der Waals surface area contributed by atoms with Gasteiger partial charge in [0.25, 0.3) is 0 Å². The van der Waals surface area contributed by atoms with E-state index in [0.717, 1.165) is 19.3 Å². The zero-order valence-corrected chi connectivity index (χ0v) is 7.62. The molecule has 0 saturated heterocycles. The average molecular weight is 171 g/mol. The van der Waals surface area contributed by atoms with Crippen LogP contribution in [0, 0.1) is 0 Å². The molecule has 70 valence electrons. The van der Waals surface area contributed by atoms with E-state index in [4.69, 9.17) is 5.11 Å². The number of amides is 1. The molecule has 1 N–H and O–H groups in total. The Balaban J connectivity index is 2.34. The highest BCUT2D eigenvalue weighted by Gasteiger charge is 2.31. The highest BCUT2D eigenvalue weighted by molar-refractivity contribution is 5.76. The highest BCUT2D eigenvalue weighted by atomic mass is 16.3. The van der Waals surface area contributed by atoms with Crippen LogP contribution < -0.4 is 0 Å². The minimum Gasteiger partial charge on any atom is -0.395 e. The zero-order chi connectivity index (χ0) is 8.97. The van der Waals surface area contributed by atoms with Crippen molar-refractivity contribution in [3.05, 3.63) is 0 Å². The van der Waals surface area contributed by atoms with Gasteiger partial charge in [0, 0.05) is 19.0 Å². The summed E-state index contributed by atoms with van der Waals surface area (Å²) in [5, 5.41) is 8.74. The van der Waals surface area contributed by atoms with E-state index in [-0.39, 0.29) is 12.5 Å². The molecule has 0 atom stereocenters. The van der Waals surface area contributed by atoms with Gasteiger partial charge in [0.15, 0.2) is 0 Å². The Bertz CT molecular complexity index is 155. The van der Waals surface area contributed by atoms with E-state index >= 15 is 0 Å². The Morgan fingerprint density at radius 2 is 2.25 bits per heavy atom. The molecule has 0 bridgehead atoms. The van der Waals surface area contributed by atoms with Gasteiger partial charge in [-0.25, -0.2) is 0 Å². The summed E-state index contributed by atoms with van der Waals surface area (Å²) in [6.45, 7) is 2.61. The first-order valence-corrected chi connectivity index (χ1v) is 4.70. The fraction of sp³-hybridized carbons (Fsp3) is 0.889. The molecule has 1 aliphatic rings. The van der Waals surface area contributed by atoms with Crippen molar-refractivity contribution in [2.75, 3.05) is 13.2 Å². The van der Waals surface area contributed by atoms with Crippen molar-refractivity contribution in [2.45, 2.75) is 38.6 Å². The molecule has 3 heteroatoms. The monoisotopic (exact) mass is 171 g/mol. The van der Waals surface area contributed by atoms with Crippen molar-refractivity contribution in [1.82, 2.24) is 4.90 Å². The van der Waals surface area contributed by atoms with Crippen LogP contribution in [0.3, 0.4) is 0 Å². The summed E-state index contributed by atoms with van der Waals surface area (Å²) in [4.78, 5) is 13.3. The third-order valence-electron chi connectivity index (χ3n) is 2.11. The van der Waals surface area contributed by atoms with Crippen LogP contribution in [0.15, 0.2) is 0 Å². The van der Waals surface area contributed by atoms with Gasteiger partial charge in [0.2, 0.25) is 5.91 Å². The molecule has 1 fully saturated rings. The number of rotatable bonds is 5. The Hall–Kier alpha value is -0.570. The molecule has 0 spiro atoms. The molecule has 1 aliphatic carbocycles. The number of hydrogen-bond donors (Lipinski definition) is 1. The molecule has 0 heterocycles. The van der Waals surface area contributed by atoms with E-state index < -0.39 is 0 Å². The normalized spacial score (nSPS) is 16.2. The Kier molecular flexibility index (Phi) is 3.53. The number of hydrogen-bond acceptors (Lipinski definition) is 2. The lowest BCUT2D eigenvalue weighted by Crippen LogP contribution is -2.35. The van der Waals surface area contributed by atoms with Crippen molar-refractivity contribution < 1.29 is 9.90 Å². The van der Waals surface area contributed by atoms with Gasteiger partial charge in [-0.15, -0.1) is 0 Å². The summed E-state index contributed by atoms with van der Waals surface area (Å²) in [6, 6.07) is 0.441. The van der Waals surface area contributed by atoms with Crippen LogP contribution in [0.5, 0.6) is 0 Å². The van der Waals surface area contributed by atoms with Crippen LogP contribution >= 0.6 is 0 Å². The summed E-state index contributed by atoms with van der Waals surface area (Å²) in [6.07, 6.45) is 3.76. The summed E-state index contributed by atoms with van der Waals surface area (Å²) >= 11 is 0. The lowest BCUT2D eigenvalue weighted by atomic mass is 10.3. The second-order valence-corrected chi connectivity index (χ2v) is 3.29. The van der Waals surface area contributed by atoms with Gasteiger partial charge in [-0.1, -0.05) is 6.92 Å². The number of aliphatic hydroxyl groups is 1. The van der Waals surface area contributed by atoms with Crippen molar-refractivity contribution in [3.63, 3.8) is 0 Å². The molecule has 12 heavy (non-hydrogen) atoms. The SMILES string of the molecule is CCCC(=O)N(CCO)C1CC1. The summed E-state index contributed by atoms with van der Waals surface area (Å²) < 4.78 is 0. The molecule has 1 rings (SSSR count). The lowest BCUT2D eigenvalue weighted by molar-refractivity contribution is -0.132. The highest BCUT2D eigenvalue weighted by Crippen LogP contribution is 2.27. The van der Waals surface area contributed by atoms with E-state index in [1.165, 1.54) is 0 Å². The Labute approximate surface area is 73.4 Å². The topological polar surface area (TPSA) is 40.5 Å². The quantitative estimate of drug-likeness (QED) is 0.663. The maximum absolute atomic E-state index is 11.4. The van der Waals surface area contributed by atoms with E-state index in [1.807, 2.05) is 11.8 Å². The molecule has 0 aromatic heterocycles. The summed E-state index contributed by atoms with van der Waals surface area (Å²) in [5.74, 6) is 0.203. The van der Waals surface area contributed by atoms with Crippen molar-refractivity contribution in [3.8, 4) is 0 Å². The standard InChI is InChI=1S/C9H17NO2/c1-2-3-9(12)10(6-7-11)8-4-5-8/h8,11H,2-7H2,1H3. The number of aliphatic hydroxyl groups excluding tert-OH is 1. The van der Waals surface area contributed by atoms with Crippen LogP contribution in [0.4, 0.5) is 0 Å². The fourth-order valence-electron chi connectivity index (χ4n) is 1.36. The van der Waals surface area contributed by atoms with Crippen molar-refractivity contribution in [2.24, 2.45) is 0 Å². The molecular weight excluding hydrogens is 154 g/mol. The first kappa shape index (κ1) is 9.52. The van der Waals surface area contributed by atoms with Gasteiger partial charge in [-0.3, -0.25) is 4.79 Å². The van der Waals surface area contributed by atoms with E-state index in [2.05, 4.69) is 0 Å². The lowest BCUT2D eigenvalue weighted by Gasteiger charge is -2.20. The molecule has 1 saturated carbocycles. The molecule has 0 unspecified atom stereocenters. The van der Waals surface area contributed by atoms with E-state index in [0.29, 0.717) is 19.0 Å². The maximum Gasteiger partial charge on any atom is 0.222 e. The predicted molar refractivity (Wildman–Crippen MR) is 46.7 cm³/mol. The molecule has 1 amide bonds. The minimum absolute atomic E-state index is 0.0892. The summed E-state index contributed by atoms with van der Waals surface area (Å²) in [7, 11) is 0. The van der Waals surface area contributed by atoms with Crippen LogP contribution in [0.1, 0.15) is 32.6 Å². The Morgan fingerprint density at radius 1 is 1.58 bits per heavy atom. The molecule has 0 aromatic rings. The fourth-order valence-corrected chi connectivity index (χ4v) is 1.36. The molecular formula is C9H17NO2. The molecule has 0 radical (unpaired) electrons. The van der Waals surface area contributed by atoms with E-state index in [9.17, 15) is 4.79 Å². The minimum atomic E-state index is 0.0892. The smallest absolute Gasteiger partial charge is 0.222 e. The largest absolute Gasteiger partial charge is 0.395 e. The van der Waals surface area contributed by atoms with Crippen molar-refractivity contribution in [1.29, 1.82) is 0 Å². The first-order chi connectivity index (χ1) is 5.79. The van der Waals surface area contributed by atoms with Gasteiger partial charge in [-0.2, -0.15) is 0 Å². The van der Waals surface area contributed by atoms with Gasteiger partial charge in [0.1, 0.15) is 0 Å². The van der Waals surface area contributed by atoms with Gasteiger partial charge < -0.3 is 10.0 Å². The molecule has 0 aromatic carbocycles. The van der Waals surface area contributed by atoms with E-state index in [1.54, 1.807) is 0 Å². The van der Waals surface area contributed by atoms with Gasteiger partial charge in [0.05, 0.1) is 6.61 Å². The average Bonchev–Trinajstić information content (AvgIpc) is 2.83. The maximum atomic E-state index is 11.4. The van der Waals surface area contributed by atoms with Gasteiger partial charge >= 0.3 is 0 Å². The molecule has 3 nitrogen and oxygen atoms in total. The molecule has 0 aliphatic heterocycles. The van der Waals surface area contributed by atoms with Crippen LogP contribution in [-0.4, -0.2) is 35.1 Å². The van der Waals surface area contributed by atoms with Crippen LogP contribution in [0.25, 0.3) is 0 Å².